The van der Waals surface area contributed by atoms with Gasteiger partial charge in [0.25, 0.3) is 0 Å². The van der Waals surface area contributed by atoms with Crippen LogP contribution in [0.1, 0.15) is 36.5 Å². The highest BCUT2D eigenvalue weighted by molar-refractivity contribution is 5.97. The lowest BCUT2D eigenvalue weighted by molar-refractivity contribution is 0.0955. The number of rotatable bonds is 8. The van der Waals surface area contributed by atoms with Crippen LogP contribution >= 0.6 is 0 Å². The summed E-state index contributed by atoms with van der Waals surface area (Å²) in [4.78, 5) is 12.0. The zero-order chi connectivity index (χ0) is 14.2. The first-order valence-electron chi connectivity index (χ1n) is 7.38. The van der Waals surface area contributed by atoms with Crippen LogP contribution in [0.5, 0.6) is 5.75 Å². The summed E-state index contributed by atoms with van der Waals surface area (Å²) in [5.41, 5.74) is 0.716. The maximum absolute atomic E-state index is 12.0. The Morgan fingerprint density at radius 1 is 1.40 bits per heavy atom. The molecule has 20 heavy (non-hydrogen) atoms. The van der Waals surface area contributed by atoms with E-state index in [1.807, 2.05) is 24.3 Å². The average Bonchev–Trinajstić information content (AvgIpc) is 2.99. The second-order valence-electron chi connectivity index (χ2n) is 5.06. The molecule has 110 valence electrons. The topological polar surface area (TPSA) is 47.6 Å². The molecule has 1 heterocycles. The number of carbonyl (C=O) groups is 1. The molecule has 1 N–H and O–H groups in total. The minimum absolute atomic E-state index is 0.102. The zero-order valence-corrected chi connectivity index (χ0v) is 12.1. The van der Waals surface area contributed by atoms with Gasteiger partial charge in [-0.15, -0.1) is 0 Å². The van der Waals surface area contributed by atoms with Gasteiger partial charge < -0.3 is 14.8 Å². The van der Waals surface area contributed by atoms with Gasteiger partial charge in [-0.1, -0.05) is 6.92 Å². The number of hydrogen-bond donors (Lipinski definition) is 1. The standard InChI is InChI=1S/C16H23NO3/c1-2-9-19-14-7-5-13(6-8-14)16(18)12-17-11-15-4-3-10-20-15/h5-8,15,17H,2-4,9-12H2,1H3. The summed E-state index contributed by atoms with van der Waals surface area (Å²) >= 11 is 0. The summed E-state index contributed by atoms with van der Waals surface area (Å²) in [5, 5.41) is 3.17. The molecule has 1 saturated heterocycles. The quantitative estimate of drug-likeness (QED) is 0.741. The van der Waals surface area contributed by atoms with Crippen molar-refractivity contribution < 1.29 is 14.3 Å². The maximum atomic E-state index is 12.0. The van der Waals surface area contributed by atoms with Crippen LogP contribution in [-0.2, 0) is 4.74 Å². The van der Waals surface area contributed by atoms with Gasteiger partial charge in [-0.05, 0) is 43.5 Å². The zero-order valence-electron chi connectivity index (χ0n) is 12.1. The molecule has 1 aliphatic rings. The van der Waals surface area contributed by atoms with Crippen LogP contribution in [0, 0.1) is 0 Å². The number of ether oxygens (including phenoxy) is 2. The average molecular weight is 277 g/mol. The lowest BCUT2D eigenvalue weighted by atomic mass is 10.1. The van der Waals surface area contributed by atoms with Crippen molar-refractivity contribution in [3.05, 3.63) is 29.8 Å². The van der Waals surface area contributed by atoms with E-state index < -0.39 is 0 Å². The van der Waals surface area contributed by atoms with Gasteiger partial charge in [-0.2, -0.15) is 0 Å². The Kier molecular flexibility index (Phi) is 6.02. The van der Waals surface area contributed by atoms with Crippen LogP contribution in [-0.4, -0.2) is 38.2 Å². The van der Waals surface area contributed by atoms with Crippen LogP contribution in [0.2, 0.25) is 0 Å². The molecule has 0 saturated carbocycles. The number of hydrogen-bond acceptors (Lipinski definition) is 4. The van der Waals surface area contributed by atoms with Gasteiger partial charge in [-0.3, -0.25) is 4.79 Å². The van der Waals surface area contributed by atoms with E-state index >= 15 is 0 Å². The van der Waals surface area contributed by atoms with E-state index in [0.717, 1.165) is 38.2 Å². The summed E-state index contributed by atoms with van der Waals surface area (Å²) in [6.45, 7) is 4.73. The van der Waals surface area contributed by atoms with E-state index in [9.17, 15) is 4.79 Å². The summed E-state index contributed by atoms with van der Waals surface area (Å²) in [5.74, 6) is 0.917. The maximum Gasteiger partial charge on any atom is 0.176 e. The van der Waals surface area contributed by atoms with E-state index in [4.69, 9.17) is 9.47 Å². The molecule has 1 unspecified atom stereocenters. The Morgan fingerprint density at radius 2 is 2.20 bits per heavy atom. The van der Waals surface area contributed by atoms with Crippen LogP contribution < -0.4 is 10.1 Å². The minimum atomic E-state index is 0.102. The summed E-state index contributed by atoms with van der Waals surface area (Å²) in [6, 6.07) is 7.34. The Bertz CT molecular complexity index is 410. The van der Waals surface area contributed by atoms with Crippen LogP contribution in [0.25, 0.3) is 0 Å². The Hall–Kier alpha value is -1.39. The molecule has 1 aliphatic heterocycles. The molecule has 1 aromatic rings. The third-order valence-electron chi connectivity index (χ3n) is 3.33. The summed E-state index contributed by atoms with van der Waals surface area (Å²) in [7, 11) is 0. The van der Waals surface area contributed by atoms with Gasteiger partial charge in [0, 0.05) is 18.7 Å². The highest BCUT2D eigenvalue weighted by Gasteiger charge is 2.15. The van der Waals surface area contributed by atoms with E-state index in [0.29, 0.717) is 18.7 Å². The Morgan fingerprint density at radius 3 is 2.85 bits per heavy atom. The molecule has 1 aromatic carbocycles. The predicted octanol–water partition coefficient (Wildman–Crippen LogP) is 2.43. The second-order valence-corrected chi connectivity index (χ2v) is 5.06. The van der Waals surface area contributed by atoms with Crippen molar-refractivity contribution in [1.29, 1.82) is 0 Å². The van der Waals surface area contributed by atoms with Gasteiger partial charge in [-0.25, -0.2) is 0 Å². The monoisotopic (exact) mass is 277 g/mol. The van der Waals surface area contributed by atoms with Crippen LogP contribution in [0.15, 0.2) is 24.3 Å². The molecule has 0 aliphatic carbocycles. The third-order valence-corrected chi connectivity index (χ3v) is 3.33. The molecule has 4 nitrogen and oxygen atoms in total. The normalized spacial score (nSPS) is 18.1. The molecule has 1 atom stereocenters. The molecule has 0 amide bonds. The fourth-order valence-electron chi connectivity index (χ4n) is 2.21. The predicted molar refractivity (Wildman–Crippen MR) is 78.4 cm³/mol. The van der Waals surface area contributed by atoms with E-state index in [1.54, 1.807) is 0 Å². The lowest BCUT2D eigenvalue weighted by Gasteiger charge is -2.10. The van der Waals surface area contributed by atoms with Crippen molar-refractivity contribution in [2.45, 2.75) is 32.3 Å². The van der Waals surface area contributed by atoms with Gasteiger partial charge in [0.15, 0.2) is 5.78 Å². The lowest BCUT2D eigenvalue weighted by Crippen LogP contribution is -2.30. The molecule has 0 aromatic heterocycles. The first kappa shape index (κ1) is 15.0. The number of Topliss-reactive ketones (excluding diaryl/α,β-unsaturated/α-hetero) is 1. The molecule has 1 fully saturated rings. The minimum Gasteiger partial charge on any atom is -0.494 e. The van der Waals surface area contributed by atoms with Crippen molar-refractivity contribution in [2.24, 2.45) is 0 Å². The second kappa shape index (κ2) is 8.02. The molecular formula is C16H23NO3. The smallest absolute Gasteiger partial charge is 0.176 e. The van der Waals surface area contributed by atoms with Crippen molar-refractivity contribution in [3.63, 3.8) is 0 Å². The summed E-state index contributed by atoms with van der Waals surface area (Å²) < 4.78 is 11.0. The molecule has 4 heteroatoms. The molecule has 0 spiro atoms. The number of benzene rings is 1. The highest BCUT2D eigenvalue weighted by atomic mass is 16.5. The van der Waals surface area contributed by atoms with Crippen molar-refractivity contribution in [3.8, 4) is 5.75 Å². The molecule has 2 rings (SSSR count). The number of nitrogens with one attached hydrogen (secondary N) is 1. The number of carbonyl (C=O) groups excluding carboxylic acids is 1. The van der Waals surface area contributed by atoms with Crippen LogP contribution in [0.3, 0.4) is 0 Å². The van der Waals surface area contributed by atoms with Crippen molar-refractivity contribution >= 4 is 5.78 Å². The summed E-state index contributed by atoms with van der Waals surface area (Å²) in [6.07, 6.45) is 3.46. The SMILES string of the molecule is CCCOc1ccc(C(=O)CNCC2CCCO2)cc1. The van der Waals surface area contributed by atoms with E-state index in [-0.39, 0.29) is 11.9 Å². The fraction of sp³-hybridized carbons (Fsp3) is 0.562. The van der Waals surface area contributed by atoms with Gasteiger partial charge in [0.2, 0.25) is 0 Å². The van der Waals surface area contributed by atoms with Gasteiger partial charge >= 0.3 is 0 Å². The van der Waals surface area contributed by atoms with Crippen molar-refractivity contribution in [2.75, 3.05) is 26.3 Å². The van der Waals surface area contributed by atoms with Gasteiger partial charge in [0.1, 0.15) is 5.75 Å². The largest absolute Gasteiger partial charge is 0.494 e. The first-order valence-corrected chi connectivity index (χ1v) is 7.38. The fourth-order valence-corrected chi connectivity index (χ4v) is 2.21. The first-order chi connectivity index (χ1) is 9.79. The highest BCUT2D eigenvalue weighted by Crippen LogP contribution is 2.13. The Labute approximate surface area is 120 Å². The van der Waals surface area contributed by atoms with Gasteiger partial charge in [0.05, 0.1) is 19.3 Å². The van der Waals surface area contributed by atoms with Crippen LogP contribution in [0.4, 0.5) is 0 Å². The van der Waals surface area contributed by atoms with Crippen molar-refractivity contribution in [1.82, 2.24) is 5.32 Å². The number of ketones is 1. The molecule has 0 radical (unpaired) electrons. The molecular weight excluding hydrogens is 254 g/mol. The molecule has 0 bridgehead atoms. The van der Waals surface area contributed by atoms with E-state index in [1.165, 1.54) is 0 Å². The third kappa shape index (κ3) is 4.62. The Balaban J connectivity index is 1.73. The van der Waals surface area contributed by atoms with E-state index in [2.05, 4.69) is 12.2 Å².